The highest BCUT2D eigenvalue weighted by atomic mass is 16.6. The van der Waals surface area contributed by atoms with Crippen LogP contribution in [0.4, 0.5) is 11.5 Å². The molecule has 0 saturated heterocycles. The van der Waals surface area contributed by atoms with E-state index < -0.39 is 10.9 Å². The van der Waals surface area contributed by atoms with Gasteiger partial charge in [-0.1, -0.05) is 5.10 Å². The number of nitrogens with zero attached hydrogens (tertiary/aromatic N) is 2. The Labute approximate surface area is 84.4 Å². The van der Waals surface area contributed by atoms with E-state index in [9.17, 15) is 14.9 Å². The van der Waals surface area contributed by atoms with Crippen LogP contribution in [-0.4, -0.2) is 32.7 Å². The molecule has 8 nitrogen and oxygen atoms in total. The quantitative estimate of drug-likeness (QED) is 0.362. The Morgan fingerprint density at radius 2 is 2.47 bits per heavy atom. The second-order valence-corrected chi connectivity index (χ2v) is 2.81. The maximum absolute atomic E-state index is 10.4. The fraction of sp³-hybridized carbons (Fsp3) is 0.429. The number of nitro groups is 1. The summed E-state index contributed by atoms with van der Waals surface area (Å²) >= 11 is 0. The highest BCUT2D eigenvalue weighted by Crippen LogP contribution is 2.19. The maximum atomic E-state index is 10.4. The lowest BCUT2D eigenvalue weighted by molar-refractivity contribution is -0.388. The molecule has 0 aromatic carbocycles. The predicted molar refractivity (Wildman–Crippen MR) is 50.6 cm³/mol. The van der Waals surface area contributed by atoms with E-state index in [1.807, 2.05) is 0 Å². The van der Waals surface area contributed by atoms with E-state index >= 15 is 0 Å². The summed E-state index contributed by atoms with van der Waals surface area (Å²) in [6.45, 7) is 0.354. The third-order valence-electron chi connectivity index (χ3n) is 1.68. The third-order valence-corrected chi connectivity index (χ3v) is 1.68. The van der Waals surface area contributed by atoms with Crippen LogP contribution in [0.2, 0.25) is 0 Å². The minimum atomic E-state index is -0.890. The van der Waals surface area contributed by atoms with Gasteiger partial charge in [-0.2, -0.15) is 0 Å². The molecule has 0 fully saturated rings. The highest BCUT2D eigenvalue weighted by Gasteiger charge is 2.13. The molecule has 0 saturated carbocycles. The molecule has 1 rings (SSSR count). The molecule has 0 spiro atoms. The Morgan fingerprint density at radius 3 is 3.07 bits per heavy atom. The van der Waals surface area contributed by atoms with Crippen LogP contribution in [0.1, 0.15) is 12.8 Å². The number of aromatic nitrogens is 2. The lowest BCUT2D eigenvalue weighted by atomic mass is 10.3. The number of carboxylic acid groups (broad SMARTS) is 1. The molecule has 1 heterocycles. The van der Waals surface area contributed by atoms with Crippen molar-refractivity contribution in [3.63, 3.8) is 0 Å². The third kappa shape index (κ3) is 3.25. The molecule has 0 aliphatic heterocycles. The molecule has 8 heteroatoms. The number of aliphatic carboxylic acids is 1. The number of anilines is 1. The first-order chi connectivity index (χ1) is 7.11. The molecular formula is C7H10N4O4. The van der Waals surface area contributed by atoms with Crippen molar-refractivity contribution in [2.75, 3.05) is 11.9 Å². The minimum Gasteiger partial charge on any atom is -0.481 e. The summed E-state index contributed by atoms with van der Waals surface area (Å²) in [5.41, 5.74) is 0.269. The number of carboxylic acids is 1. The van der Waals surface area contributed by atoms with Crippen molar-refractivity contribution < 1.29 is 14.8 Å². The molecular weight excluding hydrogens is 204 g/mol. The Balaban J connectivity index is 2.40. The Bertz CT molecular complexity index is 362. The van der Waals surface area contributed by atoms with Gasteiger partial charge in [0, 0.05) is 13.0 Å². The summed E-state index contributed by atoms with van der Waals surface area (Å²) in [6.07, 6.45) is 1.72. The average molecular weight is 214 g/mol. The fourth-order valence-electron chi connectivity index (χ4n) is 1.01. The Kier molecular flexibility index (Phi) is 3.61. The van der Waals surface area contributed by atoms with Crippen LogP contribution >= 0.6 is 0 Å². The first-order valence-electron chi connectivity index (χ1n) is 4.24. The van der Waals surface area contributed by atoms with Crippen molar-refractivity contribution in [2.45, 2.75) is 12.8 Å². The minimum absolute atomic E-state index is 0.0264. The van der Waals surface area contributed by atoms with Crippen LogP contribution in [0.3, 0.4) is 0 Å². The second-order valence-electron chi connectivity index (χ2n) is 2.81. The molecule has 0 atom stereocenters. The van der Waals surface area contributed by atoms with Gasteiger partial charge in [-0.05, 0) is 11.3 Å². The van der Waals surface area contributed by atoms with Gasteiger partial charge < -0.3 is 20.5 Å². The highest BCUT2D eigenvalue weighted by molar-refractivity contribution is 5.66. The standard InChI is InChI=1S/C7H10N4O4/c12-6(13)2-1-3-8-5-4-9-10-7(5)11(14)15/h4,8H,1-3H2,(H,9,10)(H,12,13). The summed E-state index contributed by atoms with van der Waals surface area (Å²) in [6, 6.07) is 0. The summed E-state index contributed by atoms with van der Waals surface area (Å²) in [5.74, 6) is -1.11. The number of H-pyrrole nitrogens is 1. The Hall–Kier alpha value is -2.12. The van der Waals surface area contributed by atoms with Gasteiger partial charge in [-0.15, -0.1) is 5.10 Å². The lowest BCUT2D eigenvalue weighted by Gasteiger charge is -2.01. The van der Waals surface area contributed by atoms with Crippen molar-refractivity contribution in [1.29, 1.82) is 0 Å². The summed E-state index contributed by atoms with van der Waals surface area (Å²) in [5, 5.41) is 27.3. The number of hydrogen-bond donors (Lipinski definition) is 3. The van der Waals surface area contributed by atoms with Crippen LogP contribution in [0.15, 0.2) is 6.20 Å². The van der Waals surface area contributed by atoms with Gasteiger partial charge in [0.25, 0.3) is 0 Å². The number of rotatable bonds is 6. The van der Waals surface area contributed by atoms with E-state index in [1.54, 1.807) is 0 Å². The number of hydrogen-bond acceptors (Lipinski definition) is 5. The average Bonchev–Trinajstić information content (AvgIpc) is 2.60. The molecule has 82 valence electrons. The molecule has 0 aliphatic rings. The molecule has 0 amide bonds. The van der Waals surface area contributed by atoms with Gasteiger partial charge in [0.2, 0.25) is 0 Å². The van der Waals surface area contributed by atoms with Gasteiger partial charge in [0.05, 0.1) is 0 Å². The van der Waals surface area contributed by atoms with Crippen molar-refractivity contribution in [3.8, 4) is 0 Å². The van der Waals surface area contributed by atoms with Crippen molar-refractivity contribution in [3.05, 3.63) is 16.3 Å². The SMILES string of the molecule is O=C(O)CCCNc1cn[nH]c1[N+](=O)[O-]. The van der Waals surface area contributed by atoms with Gasteiger partial charge in [0.1, 0.15) is 6.20 Å². The molecule has 3 N–H and O–H groups in total. The first kappa shape index (κ1) is 11.0. The van der Waals surface area contributed by atoms with Gasteiger partial charge in [-0.3, -0.25) is 4.79 Å². The van der Waals surface area contributed by atoms with E-state index in [0.29, 0.717) is 13.0 Å². The van der Waals surface area contributed by atoms with Gasteiger partial charge in [-0.25, -0.2) is 0 Å². The summed E-state index contributed by atoms with van der Waals surface area (Å²) in [7, 11) is 0. The van der Waals surface area contributed by atoms with E-state index in [-0.39, 0.29) is 17.9 Å². The zero-order valence-electron chi connectivity index (χ0n) is 7.77. The van der Waals surface area contributed by atoms with Gasteiger partial charge in [0.15, 0.2) is 5.69 Å². The van der Waals surface area contributed by atoms with Crippen molar-refractivity contribution in [1.82, 2.24) is 10.2 Å². The van der Waals surface area contributed by atoms with Crippen LogP contribution < -0.4 is 5.32 Å². The number of nitrogens with one attached hydrogen (secondary N) is 2. The zero-order chi connectivity index (χ0) is 11.3. The van der Waals surface area contributed by atoms with Crippen molar-refractivity contribution in [2.24, 2.45) is 0 Å². The normalized spacial score (nSPS) is 9.87. The van der Waals surface area contributed by atoms with E-state index in [2.05, 4.69) is 15.5 Å². The van der Waals surface area contributed by atoms with E-state index in [0.717, 1.165) is 0 Å². The monoisotopic (exact) mass is 214 g/mol. The summed E-state index contributed by atoms with van der Waals surface area (Å²) in [4.78, 5) is 20.0. The van der Waals surface area contributed by atoms with E-state index in [4.69, 9.17) is 5.11 Å². The first-order valence-corrected chi connectivity index (χ1v) is 4.24. The maximum Gasteiger partial charge on any atom is 0.366 e. The number of aromatic amines is 1. The molecule has 15 heavy (non-hydrogen) atoms. The van der Waals surface area contributed by atoms with Crippen molar-refractivity contribution >= 4 is 17.5 Å². The lowest BCUT2D eigenvalue weighted by Crippen LogP contribution is -2.05. The topological polar surface area (TPSA) is 121 Å². The zero-order valence-corrected chi connectivity index (χ0v) is 7.77. The van der Waals surface area contributed by atoms with Crippen LogP contribution in [0.5, 0.6) is 0 Å². The van der Waals surface area contributed by atoms with Crippen LogP contribution in [-0.2, 0) is 4.79 Å². The predicted octanol–water partition coefficient (Wildman–Crippen LogP) is 0.595. The molecule has 0 aliphatic carbocycles. The summed E-state index contributed by atoms with van der Waals surface area (Å²) < 4.78 is 0. The fourth-order valence-corrected chi connectivity index (χ4v) is 1.01. The molecule has 0 radical (unpaired) electrons. The number of carbonyl (C=O) groups is 1. The van der Waals surface area contributed by atoms with E-state index in [1.165, 1.54) is 6.20 Å². The van der Waals surface area contributed by atoms with Crippen LogP contribution in [0.25, 0.3) is 0 Å². The largest absolute Gasteiger partial charge is 0.481 e. The molecule has 1 aromatic rings. The second kappa shape index (κ2) is 4.94. The van der Waals surface area contributed by atoms with Crippen LogP contribution in [0, 0.1) is 10.1 Å². The molecule has 1 aromatic heterocycles. The smallest absolute Gasteiger partial charge is 0.366 e. The molecule has 0 unspecified atom stereocenters. The Morgan fingerprint density at radius 1 is 1.73 bits per heavy atom. The van der Waals surface area contributed by atoms with Gasteiger partial charge >= 0.3 is 11.8 Å². The molecule has 0 bridgehead atoms.